The van der Waals surface area contributed by atoms with Crippen molar-refractivity contribution in [2.24, 2.45) is 0 Å². The summed E-state index contributed by atoms with van der Waals surface area (Å²) in [6.07, 6.45) is -0.619. The molecule has 0 saturated carbocycles. The Balaban J connectivity index is 5.13. The number of urea groups is 2. The lowest BCUT2D eigenvalue weighted by atomic mass is 10.1. The SMILES string of the molecule is CC(C)(CS(=O)(=O)[O-])NC(=O)CCN(CCOCCO)C(=O)NCNC(=O)N(CCC(=O)NC(C)(C)CS(=O)(=O)[O-])COCO. The third-order valence-corrected chi connectivity index (χ3v) is 7.53. The van der Waals surface area contributed by atoms with Crippen molar-refractivity contribution in [3.05, 3.63) is 0 Å². The van der Waals surface area contributed by atoms with Crippen LogP contribution in [0.2, 0.25) is 0 Å². The number of hydrogen-bond donors (Lipinski definition) is 6. The summed E-state index contributed by atoms with van der Waals surface area (Å²) < 4.78 is 76.2. The van der Waals surface area contributed by atoms with Crippen LogP contribution in [-0.2, 0) is 39.3 Å². The average Bonchev–Trinajstić information content (AvgIpc) is 2.84. The minimum absolute atomic E-state index is 0.0110. The highest BCUT2D eigenvalue weighted by Gasteiger charge is 2.26. The summed E-state index contributed by atoms with van der Waals surface area (Å²) >= 11 is 0. The van der Waals surface area contributed by atoms with Crippen LogP contribution in [0.4, 0.5) is 9.59 Å². The monoisotopic (exact) mass is 692 g/mol. The molecule has 0 fully saturated rings. The Kier molecular flexibility index (Phi) is 18.4. The van der Waals surface area contributed by atoms with E-state index in [1.165, 1.54) is 27.7 Å². The van der Waals surface area contributed by atoms with Gasteiger partial charge in [0.25, 0.3) is 0 Å². The Bertz CT molecular complexity index is 1180. The molecule has 0 atom stereocenters. The van der Waals surface area contributed by atoms with E-state index in [1.54, 1.807) is 0 Å². The summed E-state index contributed by atoms with van der Waals surface area (Å²) in [6, 6.07) is -1.57. The molecule has 6 N–H and O–H groups in total. The Morgan fingerprint density at radius 1 is 0.711 bits per heavy atom. The van der Waals surface area contributed by atoms with E-state index in [2.05, 4.69) is 21.3 Å². The fourth-order valence-corrected chi connectivity index (χ4v) is 5.67. The van der Waals surface area contributed by atoms with Crippen LogP contribution in [0.25, 0.3) is 0 Å². The highest BCUT2D eigenvalue weighted by molar-refractivity contribution is 7.86. The largest absolute Gasteiger partial charge is 0.748 e. The highest BCUT2D eigenvalue weighted by Crippen LogP contribution is 2.08. The lowest BCUT2D eigenvalue weighted by molar-refractivity contribution is -0.123. The van der Waals surface area contributed by atoms with Crippen molar-refractivity contribution < 1.29 is 64.8 Å². The van der Waals surface area contributed by atoms with Crippen LogP contribution in [0.15, 0.2) is 0 Å². The summed E-state index contributed by atoms with van der Waals surface area (Å²) in [4.78, 5) is 52.2. The molecular weight excluding hydrogens is 648 g/mol. The zero-order valence-electron chi connectivity index (χ0n) is 25.7. The van der Waals surface area contributed by atoms with E-state index in [9.17, 15) is 45.1 Å². The minimum Gasteiger partial charge on any atom is -0.748 e. The molecule has 45 heavy (non-hydrogen) atoms. The van der Waals surface area contributed by atoms with Gasteiger partial charge in [0.2, 0.25) is 11.8 Å². The van der Waals surface area contributed by atoms with Gasteiger partial charge in [0, 0.05) is 43.6 Å². The topological polar surface area (TPSA) is 296 Å². The van der Waals surface area contributed by atoms with E-state index in [1.807, 2.05) is 0 Å². The summed E-state index contributed by atoms with van der Waals surface area (Å²) in [5.41, 5.74) is -2.74. The van der Waals surface area contributed by atoms with E-state index in [0.717, 1.165) is 9.80 Å². The van der Waals surface area contributed by atoms with Crippen molar-refractivity contribution in [1.29, 1.82) is 0 Å². The summed E-state index contributed by atoms with van der Waals surface area (Å²) in [5.74, 6) is -3.03. The van der Waals surface area contributed by atoms with Crippen molar-refractivity contribution in [3.8, 4) is 0 Å². The second-order valence-electron chi connectivity index (χ2n) is 11.0. The zero-order valence-corrected chi connectivity index (χ0v) is 27.3. The molecule has 0 rings (SSSR count). The van der Waals surface area contributed by atoms with Gasteiger partial charge in [0.15, 0.2) is 0 Å². The third kappa shape index (κ3) is 22.3. The molecule has 0 spiro atoms. The quantitative estimate of drug-likeness (QED) is 0.0366. The number of rotatable bonds is 22. The number of amides is 6. The van der Waals surface area contributed by atoms with Gasteiger partial charge in [0.1, 0.15) is 13.5 Å². The van der Waals surface area contributed by atoms with Crippen LogP contribution >= 0.6 is 0 Å². The molecule has 22 heteroatoms. The Morgan fingerprint density at radius 3 is 1.58 bits per heavy atom. The molecule has 0 radical (unpaired) electrons. The van der Waals surface area contributed by atoms with Crippen LogP contribution in [0.5, 0.6) is 0 Å². The molecule has 0 aromatic rings. The number of nitrogens with zero attached hydrogens (tertiary/aromatic N) is 2. The van der Waals surface area contributed by atoms with Crippen molar-refractivity contribution >= 4 is 44.1 Å². The van der Waals surface area contributed by atoms with Crippen molar-refractivity contribution in [1.82, 2.24) is 31.1 Å². The Morgan fingerprint density at radius 2 is 1.16 bits per heavy atom. The van der Waals surface area contributed by atoms with Gasteiger partial charge < -0.3 is 59.9 Å². The summed E-state index contributed by atoms with van der Waals surface area (Å²) in [5, 5.41) is 27.4. The summed E-state index contributed by atoms with van der Waals surface area (Å²) in [6.45, 7) is 2.92. The van der Waals surface area contributed by atoms with Gasteiger partial charge in [-0.15, -0.1) is 0 Å². The van der Waals surface area contributed by atoms with Crippen LogP contribution in [0.1, 0.15) is 40.5 Å². The second kappa shape index (κ2) is 19.6. The maximum Gasteiger partial charge on any atom is 0.320 e. The maximum atomic E-state index is 12.8. The number of ether oxygens (including phenoxy) is 2. The molecule has 0 aromatic carbocycles. The lowest BCUT2D eigenvalue weighted by Gasteiger charge is -2.29. The third-order valence-electron chi connectivity index (χ3n) is 5.38. The number of carbonyl (C=O) groups is 4. The van der Waals surface area contributed by atoms with E-state index in [-0.39, 0.29) is 52.3 Å². The standard InChI is InChI=1S/C23H46N6O14S2/c1-22(2,13-44(36,37)38)26-18(32)5-7-28(9-11-42-12-10-30)20(34)24-15-25-21(35)29(16-43-17-31)8-6-19(33)27-23(3,4)14-45(39,40)41/h30-31H,5-17H2,1-4H3,(H,24,34)(H,25,35)(H,26,32)(H,27,33)(H,36,37,38)(H,39,40,41)/p-2. The van der Waals surface area contributed by atoms with Crippen molar-refractivity contribution in [3.63, 3.8) is 0 Å². The molecule has 20 nitrogen and oxygen atoms in total. The van der Waals surface area contributed by atoms with Crippen LogP contribution in [-0.4, -0.2) is 152 Å². The first-order valence-corrected chi connectivity index (χ1v) is 16.7. The fourth-order valence-electron chi connectivity index (χ4n) is 3.76. The number of carbonyl (C=O) groups excluding carboxylic acids is 4. The van der Waals surface area contributed by atoms with Crippen LogP contribution < -0.4 is 21.3 Å². The van der Waals surface area contributed by atoms with Gasteiger partial charge in [-0.05, 0) is 27.7 Å². The van der Waals surface area contributed by atoms with Gasteiger partial charge >= 0.3 is 12.1 Å². The fraction of sp³-hybridized carbons (Fsp3) is 0.826. The first kappa shape index (κ1) is 42.1. The van der Waals surface area contributed by atoms with E-state index >= 15 is 0 Å². The molecule has 0 aliphatic rings. The second-order valence-corrected chi connectivity index (χ2v) is 13.8. The van der Waals surface area contributed by atoms with Crippen molar-refractivity contribution in [2.75, 3.05) is 71.2 Å². The van der Waals surface area contributed by atoms with Crippen LogP contribution in [0, 0.1) is 0 Å². The average molecular weight is 693 g/mol. The molecular formula is C23H44N6O14S2-2. The first-order valence-electron chi connectivity index (χ1n) is 13.5. The molecule has 0 unspecified atom stereocenters. The molecule has 0 bridgehead atoms. The first-order chi connectivity index (χ1) is 20.6. The predicted molar refractivity (Wildman–Crippen MR) is 154 cm³/mol. The van der Waals surface area contributed by atoms with Gasteiger partial charge in [-0.25, -0.2) is 26.4 Å². The molecule has 264 valence electrons. The number of aliphatic hydroxyl groups excluding tert-OH is 2. The smallest absolute Gasteiger partial charge is 0.320 e. The van der Waals surface area contributed by atoms with Crippen LogP contribution in [0.3, 0.4) is 0 Å². The number of hydrogen-bond acceptors (Lipinski definition) is 14. The number of aliphatic hydroxyl groups is 2. The highest BCUT2D eigenvalue weighted by atomic mass is 32.2. The molecule has 0 aliphatic carbocycles. The van der Waals surface area contributed by atoms with Gasteiger partial charge in [-0.2, -0.15) is 0 Å². The normalized spacial score (nSPS) is 12.3. The minimum atomic E-state index is -4.63. The Labute approximate surface area is 262 Å². The van der Waals surface area contributed by atoms with E-state index in [0.29, 0.717) is 0 Å². The zero-order chi connectivity index (χ0) is 34.9. The maximum absolute atomic E-state index is 12.8. The van der Waals surface area contributed by atoms with Crippen molar-refractivity contribution in [2.45, 2.75) is 51.6 Å². The van der Waals surface area contributed by atoms with E-state index in [4.69, 9.17) is 19.7 Å². The molecule has 0 aliphatic heterocycles. The molecule has 0 heterocycles. The number of nitrogens with one attached hydrogen (secondary N) is 4. The lowest BCUT2D eigenvalue weighted by Crippen LogP contribution is -2.52. The summed E-state index contributed by atoms with van der Waals surface area (Å²) in [7, 11) is -9.25. The van der Waals surface area contributed by atoms with Gasteiger partial charge in [0.05, 0.1) is 58.2 Å². The molecule has 6 amide bonds. The molecule has 0 aromatic heterocycles. The van der Waals surface area contributed by atoms with Gasteiger partial charge in [-0.3, -0.25) is 9.59 Å². The predicted octanol–water partition coefficient (Wildman–Crippen LogP) is -3.44. The van der Waals surface area contributed by atoms with E-state index < -0.39 is 86.9 Å². The Hall–Kier alpha value is -2.86. The van der Waals surface area contributed by atoms with Gasteiger partial charge in [-0.1, -0.05) is 0 Å². The molecule has 0 saturated heterocycles.